The fourth-order valence-electron chi connectivity index (χ4n) is 2.58. The van der Waals surface area contributed by atoms with E-state index in [0.29, 0.717) is 4.99 Å². The summed E-state index contributed by atoms with van der Waals surface area (Å²) in [6, 6.07) is 14.2. The molecular weight excluding hydrogens is 278 g/mol. The van der Waals surface area contributed by atoms with Crippen molar-refractivity contribution in [2.24, 2.45) is 5.73 Å². The summed E-state index contributed by atoms with van der Waals surface area (Å²) in [6.07, 6.45) is 2.02. The van der Waals surface area contributed by atoms with Crippen LogP contribution in [-0.2, 0) is 0 Å². The van der Waals surface area contributed by atoms with E-state index in [1.165, 1.54) is 0 Å². The second-order valence-electron chi connectivity index (χ2n) is 5.22. The van der Waals surface area contributed by atoms with Crippen LogP contribution in [0.2, 0.25) is 0 Å². The number of thiocarbonyl (C=S) groups is 1. The number of hydrogen-bond acceptors (Lipinski definition) is 2. The second-order valence-corrected chi connectivity index (χ2v) is 5.69. The third-order valence-corrected chi connectivity index (χ3v) is 4.12. The topological polar surface area (TPSA) is 43.3 Å². The van der Waals surface area contributed by atoms with Gasteiger partial charge < -0.3 is 10.1 Å². The van der Waals surface area contributed by atoms with E-state index in [0.717, 1.165) is 28.2 Å². The number of pyridine rings is 1. The lowest BCUT2D eigenvalue weighted by Crippen LogP contribution is -2.18. The Morgan fingerprint density at radius 1 is 1.19 bits per heavy atom. The average molecular weight is 295 g/mol. The predicted molar refractivity (Wildman–Crippen MR) is 90.6 cm³/mol. The number of imidazole rings is 1. The van der Waals surface area contributed by atoms with Gasteiger partial charge >= 0.3 is 0 Å². The number of aromatic nitrogens is 2. The number of nitrogens with two attached hydrogens (primary N) is 1. The third-order valence-electron chi connectivity index (χ3n) is 3.77. The minimum atomic E-state index is -0.0352. The van der Waals surface area contributed by atoms with E-state index >= 15 is 0 Å². The SMILES string of the molecule is Cc1cccn2c(C(C)C(N)=S)c(-c3ccccc3)nc12. The number of hydrogen-bond donors (Lipinski definition) is 1. The maximum Gasteiger partial charge on any atom is 0.140 e. The van der Waals surface area contributed by atoms with Crippen LogP contribution in [0.15, 0.2) is 48.7 Å². The van der Waals surface area contributed by atoms with E-state index in [9.17, 15) is 0 Å². The van der Waals surface area contributed by atoms with Crippen LogP contribution in [0.1, 0.15) is 24.1 Å². The van der Waals surface area contributed by atoms with Crippen molar-refractivity contribution >= 4 is 22.9 Å². The molecule has 21 heavy (non-hydrogen) atoms. The molecule has 0 saturated carbocycles. The Morgan fingerprint density at radius 2 is 1.90 bits per heavy atom. The first-order chi connectivity index (χ1) is 10.1. The van der Waals surface area contributed by atoms with Crippen molar-refractivity contribution in [3.63, 3.8) is 0 Å². The van der Waals surface area contributed by atoms with Crippen LogP contribution in [0.25, 0.3) is 16.9 Å². The lowest BCUT2D eigenvalue weighted by Gasteiger charge is -2.12. The molecule has 0 fully saturated rings. The van der Waals surface area contributed by atoms with Crippen molar-refractivity contribution in [1.29, 1.82) is 0 Å². The summed E-state index contributed by atoms with van der Waals surface area (Å²) in [5, 5.41) is 0. The molecule has 106 valence electrons. The van der Waals surface area contributed by atoms with Gasteiger partial charge in [-0.15, -0.1) is 0 Å². The molecule has 0 aliphatic rings. The van der Waals surface area contributed by atoms with Crippen LogP contribution in [0.4, 0.5) is 0 Å². The average Bonchev–Trinajstić information content (AvgIpc) is 2.88. The highest BCUT2D eigenvalue weighted by Crippen LogP contribution is 2.31. The van der Waals surface area contributed by atoms with E-state index in [1.807, 2.05) is 37.4 Å². The van der Waals surface area contributed by atoms with E-state index < -0.39 is 0 Å². The Kier molecular flexibility index (Phi) is 3.47. The highest BCUT2D eigenvalue weighted by atomic mass is 32.1. The Balaban J connectivity index is 2.35. The first-order valence-corrected chi connectivity index (χ1v) is 7.32. The number of fused-ring (bicyclic) bond motifs is 1. The van der Waals surface area contributed by atoms with E-state index in [2.05, 4.69) is 29.5 Å². The minimum Gasteiger partial charge on any atom is -0.393 e. The lowest BCUT2D eigenvalue weighted by atomic mass is 10.0. The molecule has 3 aromatic rings. The zero-order valence-corrected chi connectivity index (χ0v) is 12.9. The molecule has 0 radical (unpaired) electrons. The Morgan fingerprint density at radius 3 is 2.57 bits per heavy atom. The van der Waals surface area contributed by atoms with Gasteiger partial charge in [-0.05, 0) is 18.6 Å². The fourth-order valence-corrected chi connectivity index (χ4v) is 2.69. The van der Waals surface area contributed by atoms with Crippen molar-refractivity contribution in [1.82, 2.24) is 9.38 Å². The van der Waals surface area contributed by atoms with Gasteiger partial charge in [0.15, 0.2) is 0 Å². The van der Waals surface area contributed by atoms with Gasteiger partial charge in [-0.2, -0.15) is 0 Å². The van der Waals surface area contributed by atoms with Crippen molar-refractivity contribution < 1.29 is 0 Å². The van der Waals surface area contributed by atoms with Gasteiger partial charge in [0, 0.05) is 17.7 Å². The van der Waals surface area contributed by atoms with Crippen LogP contribution < -0.4 is 5.73 Å². The summed E-state index contributed by atoms with van der Waals surface area (Å²) < 4.78 is 2.10. The summed E-state index contributed by atoms with van der Waals surface area (Å²) in [7, 11) is 0. The zero-order chi connectivity index (χ0) is 15.0. The smallest absolute Gasteiger partial charge is 0.140 e. The molecule has 4 heteroatoms. The predicted octanol–water partition coefficient (Wildman–Crippen LogP) is 3.70. The summed E-state index contributed by atoms with van der Waals surface area (Å²) in [4.78, 5) is 5.32. The molecule has 0 aliphatic heterocycles. The van der Waals surface area contributed by atoms with Gasteiger partial charge in [-0.3, -0.25) is 0 Å². The molecule has 0 aliphatic carbocycles. The molecule has 1 atom stereocenters. The second kappa shape index (κ2) is 5.30. The van der Waals surface area contributed by atoms with E-state index in [-0.39, 0.29) is 5.92 Å². The van der Waals surface area contributed by atoms with Crippen LogP contribution in [0.3, 0.4) is 0 Å². The van der Waals surface area contributed by atoms with Gasteiger partial charge in [-0.25, -0.2) is 4.98 Å². The van der Waals surface area contributed by atoms with E-state index in [1.54, 1.807) is 0 Å². The summed E-state index contributed by atoms with van der Waals surface area (Å²) in [6.45, 7) is 4.09. The molecule has 0 bridgehead atoms. The third kappa shape index (κ3) is 2.32. The highest BCUT2D eigenvalue weighted by molar-refractivity contribution is 7.80. The van der Waals surface area contributed by atoms with E-state index in [4.69, 9.17) is 22.9 Å². The Bertz CT molecular complexity index is 806. The summed E-state index contributed by atoms with van der Waals surface area (Å²) >= 11 is 5.21. The molecule has 3 rings (SSSR count). The molecule has 0 spiro atoms. The number of benzene rings is 1. The first kappa shape index (κ1) is 13.8. The molecular formula is C17H17N3S. The van der Waals surface area contributed by atoms with Crippen LogP contribution >= 0.6 is 12.2 Å². The zero-order valence-electron chi connectivity index (χ0n) is 12.1. The summed E-state index contributed by atoms with van der Waals surface area (Å²) in [5.74, 6) is -0.0352. The first-order valence-electron chi connectivity index (χ1n) is 6.92. The molecule has 0 saturated heterocycles. The lowest BCUT2D eigenvalue weighted by molar-refractivity contribution is 0.928. The van der Waals surface area contributed by atoms with Gasteiger partial charge in [0.1, 0.15) is 5.65 Å². The fraction of sp³-hybridized carbons (Fsp3) is 0.176. The molecule has 3 nitrogen and oxygen atoms in total. The molecule has 1 unspecified atom stereocenters. The molecule has 0 amide bonds. The molecule has 1 aromatic carbocycles. The van der Waals surface area contributed by atoms with Crippen molar-refractivity contribution in [3.8, 4) is 11.3 Å². The van der Waals surface area contributed by atoms with Gasteiger partial charge in [-0.1, -0.05) is 55.5 Å². The largest absolute Gasteiger partial charge is 0.393 e. The molecule has 2 heterocycles. The standard InChI is InChI=1S/C17H17N3S/c1-11-7-6-10-20-15(12(2)16(18)21)14(19-17(11)20)13-8-4-3-5-9-13/h3-10,12H,1-2H3,(H2,18,21). The number of aryl methyl sites for hydroxylation is 1. The van der Waals surface area contributed by atoms with Crippen molar-refractivity contribution in [3.05, 3.63) is 59.9 Å². The normalized spacial score (nSPS) is 12.5. The monoisotopic (exact) mass is 295 g/mol. The van der Waals surface area contributed by atoms with Gasteiger partial charge in [0.05, 0.1) is 16.4 Å². The maximum atomic E-state index is 5.89. The maximum absolute atomic E-state index is 5.89. The minimum absolute atomic E-state index is 0.0352. The number of nitrogens with zero attached hydrogens (tertiary/aromatic N) is 2. The van der Waals surface area contributed by atoms with Crippen LogP contribution in [0.5, 0.6) is 0 Å². The quantitative estimate of drug-likeness (QED) is 0.749. The highest BCUT2D eigenvalue weighted by Gasteiger charge is 2.21. The Hall–Kier alpha value is -2.20. The van der Waals surface area contributed by atoms with Crippen molar-refractivity contribution in [2.45, 2.75) is 19.8 Å². The Labute approximate surface area is 129 Å². The molecule has 2 aromatic heterocycles. The van der Waals surface area contributed by atoms with Crippen LogP contribution in [-0.4, -0.2) is 14.4 Å². The summed E-state index contributed by atoms with van der Waals surface area (Å²) in [5.41, 5.74) is 11.1. The van der Waals surface area contributed by atoms with Crippen molar-refractivity contribution in [2.75, 3.05) is 0 Å². The number of rotatable bonds is 3. The van der Waals surface area contributed by atoms with Gasteiger partial charge in [0.25, 0.3) is 0 Å². The van der Waals surface area contributed by atoms with Crippen LogP contribution in [0, 0.1) is 6.92 Å². The van der Waals surface area contributed by atoms with Gasteiger partial charge in [0.2, 0.25) is 0 Å². The molecule has 2 N–H and O–H groups in total.